The maximum Gasteiger partial charge on any atom is 0.358 e. The van der Waals surface area contributed by atoms with Crippen LogP contribution >= 0.6 is 0 Å². The average Bonchev–Trinajstić information content (AvgIpc) is 2.76. The van der Waals surface area contributed by atoms with Gasteiger partial charge in [-0.05, 0) is 17.2 Å². The molecule has 0 radical (unpaired) electrons. The third-order valence-electron chi connectivity index (χ3n) is 5.04. The van der Waals surface area contributed by atoms with Crippen molar-refractivity contribution in [3.63, 3.8) is 0 Å². The second-order valence-electron chi connectivity index (χ2n) is 6.75. The largest absolute Gasteiger partial charge is 0.489 e. The fourth-order valence-electron chi connectivity index (χ4n) is 3.64. The molecule has 0 fully saturated rings. The first-order valence-corrected chi connectivity index (χ1v) is 9.18. The summed E-state index contributed by atoms with van der Waals surface area (Å²) in [4.78, 5) is 32.9. The van der Waals surface area contributed by atoms with Crippen molar-refractivity contribution in [1.82, 2.24) is 14.5 Å². The minimum absolute atomic E-state index is 0.259. The van der Waals surface area contributed by atoms with Crippen LogP contribution in [0.2, 0.25) is 0 Å². The molecule has 3 rings (SSSR count). The van der Waals surface area contributed by atoms with Crippen LogP contribution in [-0.4, -0.2) is 32.7 Å². The Labute approximate surface area is 173 Å². The molecule has 0 spiro atoms. The minimum atomic E-state index is -1.35. The number of aromatic carboxylic acids is 1. The summed E-state index contributed by atoms with van der Waals surface area (Å²) in [5.41, 5.74) is 0.776. The fourth-order valence-corrected chi connectivity index (χ4v) is 3.64. The van der Waals surface area contributed by atoms with E-state index in [9.17, 15) is 20.0 Å². The van der Waals surface area contributed by atoms with Crippen LogP contribution in [0.15, 0.2) is 53.5 Å². The predicted molar refractivity (Wildman–Crippen MR) is 109 cm³/mol. The number of carboxylic acids is 1. The number of methoxy groups -OCH3 is 1. The number of aromatic nitrogens is 3. The number of hydrogen-bond donors (Lipinski definition) is 1. The van der Waals surface area contributed by atoms with Crippen molar-refractivity contribution in [3.8, 4) is 11.8 Å². The zero-order valence-electron chi connectivity index (χ0n) is 16.7. The molecule has 30 heavy (non-hydrogen) atoms. The number of carboxylic acid groups (broad SMARTS) is 1. The number of ether oxygens (including phenoxy) is 1. The summed E-state index contributed by atoms with van der Waals surface area (Å²) in [5.74, 6) is -2.25. The Morgan fingerprint density at radius 1 is 1.23 bits per heavy atom. The third-order valence-corrected chi connectivity index (χ3v) is 5.04. The van der Waals surface area contributed by atoms with Crippen LogP contribution in [0, 0.1) is 11.3 Å². The monoisotopic (exact) mass is 404 g/mol. The molecule has 2 heterocycles. The molecule has 0 aliphatic heterocycles. The Morgan fingerprint density at radius 3 is 2.53 bits per heavy atom. The number of rotatable bonds is 6. The first-order valence-electron chi connectivity index (χ1n) is 9.18. The van der Waals surface area contributed by atoms with E-state index in [1.807, 2.05) is 37.3 Å². The van der Waals surface area contributed by atoms with Gasteiger partial charge in [-0.25, -0.2) is 14.8 Å². The average molecular weight is 404 g/mol. The maximum absolute atomic E-state index is 12.7. The van der Waals surface area contributed by atoms with Gasteiger partial charge in [-0.1, -0.05) is 43.3 Å². The second kappa shape index (κ2) is 8.57. The molecular weight excluding hydrogens is 384 g/mol. The van der Waals surface area contributed by atoms with Gasteiger partial charge in [0.15, 0.2) is 5.69 Å². The van der Waals surface area contributed by atoms with Crippen LogP contribution in [0.4, 0.5) is 0 Å². The lowest BCUT2D eigenvalue weighted by atomic mass is 9.80. The van der Waals surface area contributed by atoms with Gasteiger partial charge < -0.3 is 9.84 Å². The van der Waals surface area contributed by atoms with E-state index in [1.165, 1.54) is 18.7 Å². The van der Waals surface area contributed by atoms with Gasteiger partial charge in [-0.15, -0.1) is 0 Å². The molecular formula is C22H20N4O4. The van der Waals surface area contributed by atoms with Gasteiger partial charge in [0.2, 0.25) is 5.75 Å². The molecule has 3 aromatic rings. The van der Waals surface area contributed by atoms with Crippen LogP contribution in [0.5, 0.6) is 5.75 Å². The smallest absolute Gasteiger partial charge is 0.358 e. The lowest BCUT2D eigenvalue weighted by molar-refractivity contribution is 0.0685. The van der Waals surface area contributed by atoms with Crippen molar-refractivity contribution in [2.24, 2.45) is 7.05 Å². The molecule has 0 saturated heterocycles. The molecule has 152 valence electrons. The standard InChI is InChI=1S/C22H20N4O4/c1-13(20-25-18(22(28)29)19(30-3)21(27)26(20)2)17(14-8-5-4-6-9-14)15-10-7-11-24-16(15)12-23/h4-11,13,17H,1-3H3,(H,28,29). The van der Waals surface area contributed by atoms with E-state index in [1.54, 1.807) is 18.3 Å². The summed E-state index contributed by atoms with van der Waals surface area (Å²) in [7, 11) is 2.75. The molecule has 0 amide bonds. The molecule has 2 atom stereocenters. The molecule has 0 aliphatic rings. The Hall–Kier alpha value is -3.99. The third kappa shape index (κ3) is 3.65. The van der Waals surface area contributed by atoms with Gasteiger partial charge in [0, 0.05) is 25.1 Å². The Morgan fingerprint density at radius 2 is 1.93 bits per heavy atom. The zero-order chi connectivity index (χ0) is 21.8. The highest BCUT2D eigenvalue weighted by Gasteiger charge is 2.31. The molecule has 2 aromatic heterocycles. The Bertz CT molecular complexity index is 1180. The number of pyridine rings is 1. The van der Waals surface area contributed by atoms with Gasteiger partial charge in [-0.2, -0.15) is 5.26 Å². The van der Waals surface area contributed by atoms with E-state index < -0.39 is 23.1 Å². The van der Waals surface area contributed by atoms with E-state index in [-0.39, 0.29) is 23.2 Å². The second-order valence-corrected chi connectivity index (χ2v) is 6.75. The predicted octanol–water partition coefficient (Wildman–Crippen LogP) is 2.69. The molecule has 1 N–H and O–H groups in total. The number of benzene rings is 1. The van der Waals surface area contributed by atoms with Gasteiger partial charge >= 0.3 is 5.97 Å². The normalized spacial score (nSPS) is 12.6. The van der Waals surface area contributed by atoms with Crippen LogP contribution in [0.1, 0.15) is 51.9 Å². The van der Waals surface area contributed by atoms with Gasteiger partial charge in [0.05, 0.1) is 7.11 Å². The highest BCUT2D eigenvalue weighted by molar-refractivity contribution is 5.88. The van der Waals surface area contributed by atoms with E-state index >= 15 is 0 Å². The summed E-state index contributed by atoms with van der Waals surface area (Å²) in [6, 6.07) is 15.1. The molecule has 0 saturated carbocycles. The summed E-state index contributed by atoms with van der Waals surface area (Å²) < 4.78 is 6.28. The highest BCUT2D eigenvalue weighted by Crippen LogP contribution is 2.38. The van der Waals surface area contributed by atoms with Crippen LogP contribution in [0.25, 0.3) is 0 Å². The van der Waals surface area contributed by atoms with Crippen molar-refractivity contribution >= 4 is 5.97 Å². The lowest BCUT2D eigenvalue weighted by Gasteiger charge is -2.26. The van der Waals surface area contributed by atoms with Crippen LogP contribution in [-0.2, 0) is 7.05 Å². The SMILES string of the molecule is COc1c(C(=O)O)nc(C(C)C(c2ccccc2)c2cccnc2C#N)n(C)c1=O. The van der Waals surface area contributed by atoms with Gasteiger partial charge in [-0.3, -0.25) is 9.36 Å². The Kier molecular flexibility index (Phi) is 5.93. The molecule has 0 bridgehead atoms. The fraction of sp³-hybridized carbons (Fsp3) is 0.227. The number of nitrogens with zero attached hydrogens (tertiary/aromatic N) is 4. The van der Waals surface area contributed by atoms with E-state index in [4.69, 9.17) is 4.74 Å². The molecule has 8 nitrogen and oxygen atoms in total. The van der Waals surface area contributed by atoms with Crippen molar-refractivity contribution in [1.29, 1.82) is 5.26 Å². The van der Waals surface area contributed by atoms with E-state index in [0.29, 0.717) is 5.56 Å². The highest BCUT2D eigenvalue weighted by atomic mass is 16.5. The first kappa shape index (κ1) is 20.7. The summed E-state index contributed by atoms with van der Waals surface area (Å²) in [6.45, 7) is 1.84. The topological polar surface area (TPSA) is 118 Å². The number of carbonyl (C=O) groups is 1. The van der Waals surface area contributed by atoms with E-state index in [0.717, 1.165) is 5.56 Å². The van der Waals surface area contributed by atoms with Crippen LogP contribution < -0.4 is 10.3 Å². The quantitative estimate of drug-likeness (QED) is 0.671. The number of hydrogen-bond acceptors (Lipinski definition) is 6. The van der Waals surface area contributed by atoms with Crippen molar-refractivity contribution in [2.45, 2.75) is 18.8 Å². The molecule has 1 aromatic carbocycles. The maximum atomic E-state index is 12.7. The van der Waals surface area contributed by atoms with Crippen molar-refractivity contribution in [3.05, 3.63) is 87.4 Å². The zero-order valence-corrected chi connectivity index (χ0v) is 16.7. The van der Waals surface area contributed by atoms with Crippen molar-refractivity contribution in [2.75, 3.05) is 7.11 Å². The molecule has 0 aliphatic carbocycles. The summed E-state index contributed by atoms with van der Waals surface area (Å²) in [5, 5.41) is 19.1. The van der Waals surface area contributed by atoms with E-state index in [2.05, 4.69) is 16.0 Å². The van der Waals surface area contributed by atoms with Crippen molar-refractivity contribution < 1.29 is 14.6 Å². The Balaban J connectivity index is 2.28. The summed E-state index contributed by atoms with van der Waals surface area (Å²) in [6.07, 6.45) is 1.54. The molecule has 8 heteroatoms. The molecule has 2 unspecified atom stereocenters. The van der Waals surface area contributed by atoms with Gasteiger partial charge in [0.1, 0.15) is 17.6 Å². The lowest BCUT2D eigenvalue weighted by Crippen LogP contribution is -2.29. The first-order chi connectivity index (χ1) is 14.4. The van der Waals surface area contributed by atoms with Gasteiger partial charge in [0.25, 0.3) is 5.56 Å². The summed E-state index contributed by atoms with van der Waals surface area (Å²) >= 11 is 0. The number of nitriles is 1. The minimum Gasteiger partial charge on any atom is -0.489 e. The van der Waals surface area contributed by atoms with Crippen LogP contribution in [0.3, 0.4) is 0 Å².